The Morgan fingerprint density at radius 1 is 1.21 bits per heavy atom. The number of nitrogens with zero attached hydrogens (tertiary/aromatic N) is 3. The molecular weight excluding hydrogens is 394 g/mol. The molecule has 0 saturated carbocycles. The first-order valence-electron chi connectivity index (χ1n) is 8.59. The lowest BCUT2D eigenvalue weighted by atomic mass is 10.1. The van der Waals surface area contributed by atoms with Crippen LogP contribution in [0.15, 0.2) is 58.7 Å². The number of H-pyrrole nitrogens is 1. The van der Waals surface area contributed by atoms with E-state index >= 15 is 0 Å². The Bertz CT molecular complexity index is 1290. The van der Waals surface area contributed by atoms with Crippen molar-refractivity contribution in [3.8, 4) is 0 Å². The smallest absolute Gasteiger partial charge is 0.322 e. The number of aliphatic carboxylic acids is 1. The Labute approximate surface area is 167 Å². The van der Waals surface area contributed by atoms with E-state index in [1.54, 1.807) is 6.20 Å². The van der Waals surface area contributed by atoms with Gasteiger partial charge in [-0.25, -0.2) is 9.50 Å². The van der Waals surface area contributed by atoms with Gasteiger partial charge in [0.15, 0.2) is 11.1 Å². The number of benzene rings is 1. The minimum atomic E-state index is -1.20. The summed E-state index contributed by atoms with van der Waals surface area (Å²) >= 11 is 1.41. The van der Waals surface area contributed by atoms with Gasteiger partial charge in [0.25, 0.3) is 5.91 Å². The van der Waals surface area contributed by atoms with Crippen molar-refractivity contribution in [2.75, 3.05) is 6.54 Å². The van der Waals surface area contributed by atoms with Crippen molar-refractivity contribution in [1.82, 2.24) is 24.9 Å². The lowest BCUT2D eigenvalue weighted by Crippen LogP contribution is -2.33. The van der Waals surface area contributed by atoms with Crippen LogP contribution in [0, 0.1) is 0 Å². The predicted molar refractivity (Wildman–Crippen MR) is 107 cm³/mol. The van der Waals surface area contributed by atoms with E-state index in [0.29, 0.717) is 10.8 Å². The van der Waals surface area contributed by atoms with Gasteiger partial charge in [0.05, 0.1) is 5.52 Å². The number of rotatable bonds is 6. The molecule has 4 aromatic rings. The number of carbonyl (C=O) groups is 2. The van der Waals surface area contributed by atoms with Crippen LogP contribution < -0.4 is 10.7 Å². The van der Waals surface area contributed by atoms with E-state index in [0.717, 1.165) is 16.5 Å². The molecule has 146 valence electrons. The Hall–Kier alpha value is -3.66. The van der Waals surface area contributed by atoms with Crippen LogP contribution in [-0.2, 0) is 10.5 Å². The molecule has 29 heavy (non-hydrogen) atoms. The highest BCUT2D eigenvalue weighted by molar-refractivity contribution is 7.98. The molecule has 0 atom stereocenters. The van der Waals surface area contributed by atoms with E-state index in [2.05, 4.69) is 20.4 Å². The maximum absolute atomic E-state index is 12.6. The van der Waals surface area contributed by atoms with Crippen LogP contribution in [0.2, 0.25) is 0 Å². The molecule has 0 fully saturated rings. The molecule has 0 radical (unpaired) electrons. The molecule has 10 heteroatoms. The van der Waals surface area contributed by atoms with Gasteiger partial charge in [0.1, 0.15) is 23.5 Å². The highest BCUT2D eigenvalue weighted by atomic mass is 32.2. The average molecular weight is 409 g/mol. The van der Waals surface area contributed by atoms with Gasteiger partial charge in [-0.15, -0.1) is 11.8 Å². The highest BCUT2D eigenvalue weighted by Crippen LogP contribution is 2.26. The Balaban J connectivity index is 1.66. The number of nitrogens with one attached hydrogen (secondary N) is 2. The van der Waals surface area contributed by atoms with E-state index in [1.165, 1.54) is 28.7 Å². The first-order valence-corrected chi connectivity index (χ1v) is 9.57. The summed E-state index contributed by atoms with van der Waals surface area (Å²) in [5.74, 6) is -1.40. The van der Waals surface area contributed by atoms with E-state index in [-0.39, 0.29) is 11.2 Å². The number of hydrogen-bond donors (Lipinski definition) is 3. The van der Waals surface area contributed by atoms with Crippen molar-refractivity contribution in [2.45, 2.75) is 10.8 Å². The number of amides is 1. The van der Waals surface area contributed by atoms with Gasteiger partial charge < -0.3 is 10.4 Å². The maximum atomic E-state index is 12.6. The quantitative estimate of drug-likeness (QED) is 0.413. The van der Waals surface area contributed by atoms with Crippen molar-refractivity contribution in [3.05, 3.63) is 70.3 Å². The van der Waals surface area contributed by atoms with Crippen LogP contribution in [0.5, 0.6) is 0 Å². The molecule has 1 amide bonds. The highest BCUT2D eigenvalue weighted by Gasteiger charge is 2.19. The van der Waals surface area contributed by atoms with E-state index < -0.39 is 23.9 Å². The number of pyridine rings is 2. The van der Waals surface area contributed by atoms with Gasteiger partial charge in [-0.2, -0.15) is 0 Å². The van der Waals surface area contributed by atoms with Crippen LogP contribution in [0.3, 0.4) is 0 Å². The molecule has 0 spiro atoms. The van der Waals surface area contributed by atoms with Gasteiger partial charge in [0, 0.05) is 23.4 Å². The number of aromatic nitrogens is 4. The average Bonchev–Trinajstić information content (AvgIpc) is 3.19. The third kappa shape index (κ3) is 3.69. The number of para-hydroxylation sites is 1. The number of thioether (sulfide) groups is 1. The molecule has 3 aromatic heterocycles. The first-order chi connectivity index (χ1) is 14.0. The fraction of sp³-hybridized carbons (Fsp3) is 0.105. The molecule has 3 N–H and O–H groups in total. The standard InChI is InChI=1S/C19H15N5O4S/c25-14-7-15(29-9-11-5-6-20-13-4-2-1-3-12(11)13)24-18(22-10-23-24)17(14)19(28)21-8-16(26)27/h1-7,10H,8-9H2,(H,21,28)(H,22,23)(H,26,27). The normalized spacial score (nSPS) is 11.0. The van der Waals surface area contributed by atoms with Crippen LogP contribution in [0.4, 0.5) is 0 Å². The van der Waals surface area contributed by atoms with Crippen molar-refractivity contribution in [3.63, 3.8) is 0 Å². The van der Waals surface area contributed by atoms with E-state index in [4.69, 9.17) is 5.11 Å². The molecule has 3 heterocycles. The Morgan fingerprint density at radius 2 is 2.03 bits per heavy atom. The lowest BCUT2D eigenvalue weighted by molar-refractivity contribution is -0.135. The second-order valence-corrected chi connectivity index (χ2v) is 7.12. The van der Waals surface area contributed by atoms with Crippen molar-refractivity contribution < 1.29 is 14.7 Å². The summed E-state index contributed by atoms with van der Waals surface area (Å²) in [5.41, 5.74) is 1.36. The summed E-state index contributed by atoms with van der Waals surface area (Å²) in [6, 6.07) is 11.1. The largest absolute Gasteiger partial charge is 0.480 e. The zero-order chi connectivity index (χ0) is 20.4. The summed E-state index contributed by atoms with van der Waals surface area (Å²) in [7, 11) is 0. The van der Waals surface area contributed by atoms with Gasteiger partial charge in [-0.1, -0.05) is 18.2 Å². The van der Waals surface area contributed by atoms with Crippen molar-refractivity contribution >= 4 is 40.2 Å². The van der Waals surface area contributed by atoms with Gasteiger partial charge in [-0.05, 0) is 17.7 Å². The Kier molecular flexibility index (Phi) is 5.00. The summed E-state index contributed by atoms with van der Waals surface area (Å²) in [5, 5.41) is 15.4. The van der Waals surface area contributed by atoms with Gasteiger partial charge in [0.2, 0.25) is 0 Å². The molecule has 0 bridgehead atoms. The first kappa shape index (κ1) is 18.7. The lowest BCUT2D eigenvalue weighted by Gasteiger charge is -2.09. The Morgan fingerprint density at radius 3 is 2.86 bits per heavy atom. The monoisotopic (exact) mass is 409 g/mol. The third-order valence-electron chi connectivity index (χ3n) is 4.27. The summed E-state index contributed by atoms with van der Waals surface area (Å²) in [6.07, 6.45) is 3.11. The number of carboxylic acid groups (broad SMARTS) is 1. The van der Waals surface area contributed by atoms with Gasteiger partial charge in [-0.3, -0.25) is 24.5 Å². The molecule has 0 unspecified atom stereocenters. The molecule has 0 saturated heterocycles. The molecular formula is C19H15N5O4S. The topological polar surface area (TPSA) is 129 Å². The van der Waals surface area contributed by atoms with Gasteiger partial charge >= 0.3 is 5.97 Å². The fourth-order valence-electron chi connectivity index (χ4n) is 2.97. The predicted octanol–water partition coefficient (Wildman–Crippen LogP) is 1.68. The molecule has 0 aliphatic carbocycles. The molecule has 0 aliphatic heterocycles. The molecule has 4 rings (SSSR count). The number of carbonyl (C=O) groups excluding carboxylic acids is 1. The van der Waals surface area contributed by atoms with Crippen molar-refractivity contribution in [2.24, 2.45) is 0 Å². The number of aromatic amines is 1. The number of fused-ring (bicyclic) bond motifs is 2. The number of carboxylic acids is 1. The minimum absolute atomic E-state index is 0.141. The summed E-state index contributed by atoms with van der Waals surface area (Å²) in [6.45, 7) is -0.583. The number of hydrogen-bond acceptors (Lipinski definition) is 6. The zero-order valence-corrected chi connectivity index (χ0v) is 15.8. The summed E-state index contributed by atoms with van der Waals surface area (Å²) < 4.78 is 1.53. The summed E-state index contributed by atoms with van der Waals surface area (Å²) in [4.78, 5) is 43.9. The second kappa shape index (κ2) is 7.76. The van der Waals surface area contributed by atoms with Crippen molar-refractivity contribution in [1.29, 1.82) is 0 Å². The fourth-order valence-corrected chi connectivity index (χ4v) is 3.98. The van der Waals surface area contributed by atoms with Crippen LogP contribution in [0.25, 0.3) is 16.6 Å². The van der Waals surface area contributed by atoms with Crippen LogP contribution in [-0.4, -0.2) is 43.1 Å². The van der Waals surface area contributed by atoms with Crippen LogP contribution in [0.1, 0.15) is 15.9 Å². The van der Waals surface area contributed by atoms with E-state index in [1.807, 2.05) is 30.3 Å². The second-order valence-electron chi connectivity index (χ2n) is 6.12. The van der Waals surface area contributed by atoms with Crippen LogP contribution >= 0.6 is 11.8 Å². The third-order valence-corrected chi connectivity index (χ3v) is 5.32. The SMILES string of the molecule is O=C(O)CNC(=O)c1c(=O)cc(SCc2ccnc3ccccc23)n2[nH]cnc12. The zero-order valence-electron chi connectivity index (χ0n) is 15.0. The molecule has 1 aromatic carbocycles. The maximum Gasteiger partial charge on any atom is 0.322 e. The van der Waals surface area contributed by atoms with E-state index in [9.17, 15) is 14.4 Å². The minimum Gasteiger partial charge on any atom is -0.480 e. The molecule has 9 nitrogen and oxygen atoms in total. The molecule has 0 aliphatic rings.